The van der Waals surface area contributed by atoms with Gasteiger partial charge in [0.15, 0.2) is 5.82 Å². The fourth-order valence-corrected chi connectivity index (χ4v) is 3.33. The molecule has 0 N–H and O–H groups in total. The first-order valence-corrected chi connectivity index (χ1v) is 8.71. The molecule has 134 valence electrons. The first-order valence-electron chi connectivity index (χ1n) is 8.71. The van der Waals surface area contributed by atoms with Crippen LogP contribution in [0.25, 0.3) is 11.3 Å². The van der Waals surface area contributed by atoms with Crippen LogP contribution in [0.4, 0.5) is 10.2 Å². The smallest absolute Gasteiger partial charge is 0.155 e. The van der Waals surface area contributed by atoms with Crippen LogP contribution in [0.5, 0.6) is 0 Å². The van der Waals surface area contributed by atoms with Crippen molar-refractivity contribution < 1.29 is 4.39 Å². The molecule has 1 aliphatic heterocycles. The van der Waals surface area contributed by atoms with Crippen LogP contribution < -0.4 is 4.90 Å². The van der Waals surface area contributed by atoms with E-state index in [2.05, 4.69) is 24.9 Å². The van der Waals surface area contributed by atoms with Crippen LogP contribution in [0.1, 0.15) is 5.56 Å². The Balaban J connectivity index is 1.49. The number of hydrogen-bond acceptors (Lipinski definition) is 5. The largest absolute Gasteiger partial charge is 0.352 e. The molecule has 4 rings (SSSR count). The summed E-state index contributed by atoms with van der Waals surface area (Å²) in [6.45, 7) is 4.40. The van der Waals surface area contributed by atoms with Gasteiger partial charge < -0.3 is 4.90 Å². The van der Waals surface area contributed by atoms with E-state index in [-0.39, 0.29) is 5.82 Å². The number of nitrogens with zero attached hydrogens (tertiary/aromatic N) is 6. The van der Waals surface area contributed by atoms with Crippen molar-refractivity contribution in [3.63, 3.8) is 0 Å². The number of aryl methyl sites for hydroxylation is 1. The monoisotopic (exact) mass is 352 g/mol. The van der Waals surface area contributed by atoms with E-state index in [4.69, 9.17) is 0 Å². The third kappa shape index (κ3) is 3.43. The average Bonchev–Trinajstić information content (AvgIpc) is 3.08. The number of aromatic nitrogens is 4. The number of hydrogen-bond donors (Lipinski definition) is 0. The first kappa shape index (κ1) is 16.7. The maximum absolute atomic E-state index is 14.2. The Morgan fingerprint density at radius 2 is 1.81 bits per heavy atom. The molecule has 1 fully saturated rings. The Bertz CT molecular complexity index is 885. The predicted molar refractivity (Wildman–Crippen MR) is 98.1 cm³/mol. The quantitative estimate of drug-likeness (QED) is 0.721. The predicted octanol–water partition coefficient (Wildman–Crippen LogP) is 2.34. The summed E-state index contributed by atoms with van der Waals surface area (Å²) in [5.74, 6) is 0.475. The van der Waals surface area contributed by atoms with E-state index in [1.807, 2.05) is 30.2 Å². The molecule has 3 aromatic rings. The van der Waals surface area contributed by atoms with Gasteiger partial charge in [0.1, 0.15) is 11.5 Å². The van der Waals surface area contributed by atoms with E-state index < -0.39 is 0 Å². The molecule has 1 aromatic carbocycles. The van der Waals surface area contributed by atoms with Crippen LogP contribution in [0.3, 0.4) is 0 Å². The minimum Gasteiger partial charge on any atom is -0.352 e. The van der Waals surface area contributed by atoms with Crippen LogP contribution in [0.2, 0.25) is 0 Å². The Morgan fingerprint density at radius 1 is 1.04 bits per heavy atom. The highest BCUT2D eigenvalue weighted by molar-refractivity contribution is 5.72. The van der Waals surface area contributed by atoms with Crippen LogP contribution >= 0.6 is 0 Å². The van der Waals surface area contributed by atoms with Gasteiger partial charge in [0.25, 0.3) is 0 Å². The molecule has 1 aliphatic rings. The van der Waals surface area contributed by atoms with Gasteiger partial charge >= 0.3 is 0 Å². The molecule has 0 bridgehead atoms. The molecule has 0 atom stereocenters. The van der Waals surface area contributed by atoms with Crippen LogP contribution in [-0.4, -0.2) is 50.8 Å². The van der Waals surface area contributed by atoms with E-state index in [9.17, 15) is 4.39 Å². The lowest BCUT2D eigenvalue weighted by Gasteiger charge is -2.35. The summed E-state index contributed by atoms with van der Waals surface area (Å²) >= 11 is 0. The van der Waals surface area contributed by atoms with Gasteiger partial charge in [0.05, 0.1) is 6.20 Å². The van der Waals surface area contributed by atoms with Crippen molar-refractivity contribution in [1.82, 2.24) is 24.6 Å². The molecule has 7 heteroatoms. The number of benzene rings is 1. The molecule has 0 aliphatic carbocycles. The number of halogens is 1. The van der Waals surface area contributed by atoms with Crippen LogP contribution in [-0.2, 0) is 13.6 Å². The summed E-state index contributed by atoms with van der Waals surface area (Å²) in [4.78, 5) is 13.5. The number of rotatable bonds is 4. The molecule has 6 nitrogen and oxygen atoms in total. The van der Waals surface area contributed by atoms with Crippen molar-refractivity contribution in [3.05, 3.63) is 60.4 Å². The topological polar surface area (TPSA) is 50.1 Å². The normalized spacial score (nSPS) is 15.4. The van der Waals surface area contributed by atoms with E-state index in [1.165, 1.54) is 11.6 Å². The van der Waals surface area contributed by atoms with Crippen molar-refractivity contribution >= 4 is 5.82 Å². The summed E-state index contributed by atoms with van der Waals surface area (Å²) in [7, 11) is 1.93. The zero-order valence-corrected chi connectivity index (χ0v) is 14.7. The number of anilines is 1. The molecule has 3 heterocycles. The average molecular weight is 352 g/mol. The summed E-state index contributed by atoms with van der Waals surface area (Å²) < 4.78 is 16.1. The van der Waals surface area contributed by atoms with Gasteiger partial charge in [-0.25, -0.2) is 9.37 Å². The number of piperazine rings is 1. The second-order valence-corrected chi connectivity index (χ2v) is 6.49. The van der Waals surface area contributed by atoms with Crippen molar-refractivity contribution in [2.45, 2.75) is 6.54 Å². The maximum Gasteiger partial charge on any atom is 0.155 e. The second kappa shape index (κ2) is 7.21. The van der Waals surface area contributed by atoms with Gasteiger partial charge in [-0.05, 0) is 12.1 Å². The lowest BCUT2D eigenvalue weighted by atomic mass is 10.1. The summed E-state index contributed by atoms with van der Waals surface area (Å²) in [5.41, 5.74) is 2.31. The highest BCUT2D eigenvalue weighted by atomic mass is 19.1. The van der Waals surface area contributed by atoms with Crippen molar-refractivity contribution in [2.75, 3.05) is 31.1 Å². The maximum atomic E-state index is 14.2. The van der Waals surface area contributed by atoms with Gasteiger partial charge in [-0.2, -0.15) is 5.10 Å². The molecule has 1 saturated heterocycles. The van der Waals surface area contributed by atoms with E-state index in [0.717, 1.165) is 38.5 Å². The van der Waals surface area contributed by atoms with E-state index in [1.54, 1.807) is 24.5 Å². The van der Waals surface area contributed by atoms with Crippen molar-refractivity contribution in [3.8, 4) is 11.3 Å². The lowest BCUT2D eigenvalue weighted by Crippen LogP contribution is -2.46. The van der Waals surface area contributed by atoms with Gasteiger partial charge in [-0.15, -0.1) is 0 Å². The van der Waals surface area contributed by atoms with Gasteiger partial charge in [-0.1, -0.05) is 12.1 Å². The first-order chi connectivity index (χ1) is 12.7. The van der Waals surface area contributed by atoms with Crippen LogP contribution in [0.15, 0.2) is 49.1 Å². The molecule has 0 radical (unpaired) electrons. The zero-order valence-electron chi connectivity index (χ0n) is 14.7. The van der Waals surface area contributed by atoms with Gasteiger partial charge in [0.2, 0.25) is 0 Å². The molecular weight excluding hydrogens is 331 g/mol. The Morgan fingerprint density at radius 3 is 2.54 bits per heavy atom. The van der Waals surface area contributed by atoms with E-state index in [0.29, 0.717) is 11.3 Å². The summed E-state index contributed by atoms with van der Waals surface area (Å²) in [5, 5.41) is 4.22. The van der Waals surface area contributed by atoms with Crippen molar-refractivity contribution in [2.24, 2.45) is 7.05 Å². The fraction of sp³-hybridized carbons (Fsp3) is 0.316. The highest BCUT2D eigenvalue weighted by Crippen LogP contribution is 2.29. The molecule has 26 heavy (non-hydrogen) atoms. The third-order valence-corrected chi connectivity index (χ3v) is 4.64. The second-order valence-electron chi connectivity index (χ2n) is 6.49. The van der Waals surface area contributed by atoms with Gasteiger partial charge in [0, 0.05) is 69.5 Å². The molecule has 2 aromatic heterocycles. The Hall–Kier alpha value is -2.80. The molecular formula is C19H21FN6. The SMILES string of the molecule is Cn1cc(CN2CCN(c3nccnc3-c3ccccc3F)CC2)cn1. The Labute approximate surface area is 151 Å². The highest BCUT2D eigenvalue weighted by Gasteiger charge is 2.22. The summed E-state index contributed by atoms with van der Waals surface area (Å²) in [6, 6.07) is 6.72. The summed E-state index contributed by atoms with van der Waals surface area (Å²) in [6.07, 6.45) is 7.24. The molecule has 0 spiro atoms. The fourth-order valence-electron chi connectivity index (χ4n) is 3.33. The van der Waals surface area contributed by atoms with Crippen LogP contribution in [0, 0.1) is 5.82 Å². The molecule has 0 amide bonds. The Kier molecular flexibility index (Phi) is 4.62. The van der Waals surface area contributed by atoms with Gasteiger partial charge in [-0.3, -0.25) is 14.6 Å². The standard InChI is InChI=1S/C19H21FN6/c1-24-13-15(12-23-24)14-25-8-10-26(11-9-25)19-18(21-6-7-22-19)16-4-2-3-5-17(16)20/h2-7,12-13H,8-11,14H2,1H3. The van der Waals surface area contributed by atoms with E-state index >= 15 is 0 Å². The third-order valence-electron chi connectivity index (χ3n) is 4.64. The lowest BCUT2D eigenvalue weighted by molar-refractivity contribution is 0.249. The molecule has 0 unspecified atom stereocenters. The zero-order chi connectivity index (χ0) is 17.9. The van der Waals surface area contributed by atoms with Crippen molar-refractivity contribution in [1.29, 1.82) is 0 Å². The molecule has 0 saturated carbocycles. The minimum atomic E-state index is -0.274. The minimum absolute atomic E-state index is 0.274.